The first-order valence-corrected chi connectivity index (χ1v) is 6.88. The van der Waals surface area contributed by atoms with E-state index in [-0.39, 0.29) is 5.66 Å². The molecule has 2 unspecified atom stereocenters. The molecule has 0 radical (unpaired) electrons. The number of carbonyl (C=O) groups is 1. The number of rotatable bonds is 0. The molecular formula is C13H22N2O. The van der Waals surface area contributed by atoms with Crippen LogP contribution in [0, 0.1) is 5.92 Å². The standard InChI is InChI=1S/C13H22N2O/c16-12-7-6-11-5-2-1-3-8-13(11)14-9-4-10-15(12)13/h11,14H,1-10H2. The maximum Gasteiger partial charge on any atom is 0.224 e. The van der Waals surface area contributed by atoms with Gasteiger partial charge < -0.3 is 4.90 Å². The summed E-state index contributed by atoms with van der Waals surface area (Å²) in [6, 6.07) is 0. The van der Waals surface area contributed by atoms with Crippen molar-refractivity contribution in [2.24, 2.45) is 5.92 Å². The molecule has 0 bridgehead atoms. The van der Waals surface area contributed by atoms with Gasteiger partial charge in [-0.05, 0) is 44.6 Å². The molecule has 0 aromatic carbocycles. The van der Waals surface area contributed by atoms with Gasteiger partial charge in [0.2, 0.25) is 5.91 Å². The first kappa shape index (κ1) is 10.6. The van der Waals surface area contributed by atoms with Crippen molar-refractivity contribution in [3.8, 4) is 0 Å². The van der Waals surface area contributed by atoms with Crippen molar-refractivity contribution in [3.05, 3.63) is 0 Å². The third-order valence-corrected chi connectivity index (χ3v) is 4.76. The van der Waals surface area contributed by atoms with Crippen LogP contribution in [0.25, 0.3) is 0 Å². The number of piperidine rings is 1. The van der Waals surface area contributed by atoms with Gasteiger partial charge in [-0.25, -0.2) is 0 Å². The number of nitrogens with one attached hydrogen (secondary N) is 1. The van der Waals surface area contributed by atoms with E-state index in [9.17, 15) is 4.79 Å². The summed E-state index contributed by atoms with van der Waals surface area (Å²) in [4.78, 5) is 14.3. The van der Waals surface area contributed by atoms with Crippen molar-refractivity contribution in [3.63, 3.8) is 0 Å². The van der Waals surface area contributed by atoms with Crippen LogP contribution in [-0.2, 0) is 4.79 Å². The maximum absolute atomic E-state index is 12.1. The molecule has 2 atom stereocenters. The zero-order chi connectivity index (χ0) is 11.0. The largest absolute Gasteiger partial charge is 0.324 e. The van der Waals surface area contributed by atoms with E-state index in [1.807, 2.05) is 0 Å². The summed E-state index contributed by atoms with van der Waals surface area (Å²) >= 11 is 0. The lowest BCUT2D eigenvalue weighted by Gasteiger charge is -2.54. The molecule has 16 heavy (non-hydrogen) atoms. The summed E-state index contributed by atoms with van der Waals surface area (Å²) < 4.78 is 0. The topological polar surface area (TPSA) is 32.3 Å². The molecule has 1 spiro atoms. The van der Waals surface area contributed by atoms with E-state index in [1.54, 1.807) is 0 Å². The molecule has 0 aromatic heterocycles. The number of hydrogen-bond acceptors (Lipinski definition) is 2. The second kappa shape index (κ2) is 4.02. The van der Waals surface area contributed by atoms with E-state index < -0.39 is 0 Å². The molecule has 1 aliphatic carbocycles. The lowest BCUT2D eigenvalue weighted by atomic mass is 9.78. The van der Waals surface area contributed by atoms with Crippen molar-refractivity contribution < 1.29 is 4.79 Å². The van der Waals surface area contributed by atoms with Crippen LogP contribution in [0.15, 0.2) is 0 Å². The van der Waals surface area contributed by atoms with E-state index in [2.05, 4.69) is 10.2 Å². The summed E-state index contributed by atoms with van der Waals surface area (Å²) in [7, 11) is 0. The van der Waals surface area contributed by atoms with E-state index in [1.165, 1.54) is 32.1 Å². The van der Waals surface area contributed by atoms with Gasteiger partial charge in [-0.2, -0.15) is 0 Å². The lowest BCUT2D eigenvalue weighted by molar-refractivity contribution is -0.153. The van der Waals surface area contributed by atoms with Gasteiger partial charge in [0.15, 0.2) is 0 Å². The molecule has 3 aliphatic rings. The maximum atomic E-state index is 12.1. The summed E-state index contributed by atoms with van der Waals surface area (Å²) in [5, 5.41) is 3.71. The van der Waals surface area contributed by atoms with Crippen LogP contribution in [0.2, 0.25) is 0 Å². The Bertz CT molecular complexity index is 292. The average molecular weight is 222 g/mol. The van der Waals surface area contributed by atoms with Crippen molar-refractivity contribution in [1.29, 1.82) is 0 Å². The summed E-state index contributed by atoms with van der Waals surface area (Å²) in [5.41, 5.74) is 0.0596. The zero-order valence-corrected chi connectivity index (χ0v) is 10.0. The second-order valence-corrected chi connectivity index (χ2v) is 5.58. The van der Waals surface area contributed by atoms with E-state index in [4.69, 9.17) is 0 Å². The molecule has 2 saturated heterocycles. The fourth-order valence-corrected chi connectivity index (χ4v) is 3.99. The van der Waals surface area contributed by atoms with Gasteiger partial charge in [-0.1, -0.05) is 12.8 Å². The highest BCUT2D eigenvalue weighted by Crippen LogP contribution is 2.42. The predicted octanol–water partition coefficient (Wildman–Crippen LogP) is 1.88. The fourth-order valence-electron chi connectivity index (χ4n) is 3.99. The summed E-state index contributed by atoms with van der Waals surface area (Å²) in [6.07, 6.45) is 9.52. The van der Waals surface area contributed by atoms with E-state index in [0.29, 0.717) is 11.8 Å². The molecule has 1 amide bonds. The molecule has 1 N–H and O–H groups in total. The average Bonchev–Trinajstić information content (AvgIpc) is 2.51. The Kier molecular flexibility index (Phi) is 2.66. The first-order valence-electron chi connectivity index (χ1n) is 6.88. The van der Waals surface area contributed by atoms with Crippen LogP contribution < -0.4 is 5.32 Å². The van der Waals surface area contributed by atoms with Gasteiger partial charge in [0.1, 0.15) is 0 Å². The van der Waals surface area contributed by atoms with Crippen molar-refractivity contribution in [2.45, 2.75) is 57.0 Å². The van der Waals surface area contributed by atoms with Crippen LogP contribution >= 0.6 is 0 Å². The Morgan fingerprint density at radius 1 is 1.19 bits per heavy atom. The first-order chi connectivity index (χ1) is 7.83. The third kappa shape index (κ3) is 1.48. The lowest BCUT2D eigenvalue weighted by Crippen LogP contribution is -2.69. The van der Waals surface area contributed by atoms with Gasteiger partial charge >= 0.3 is 0 Å². The number of nitrogens with zero attached hydrogens (tertiary/aromatic N) is 1. The van der Waals surface area contributed by atoms with Crippen LogP contribution in [-0.4, -0.2) is 29.6 Å². The molecule has 3 fully saturated rings. The molecule has 3 nitrogen and oxygen atoms in total. The zero-order valence-electron chi connectivity index (χ0n) is 10.0. The number of carbonyl (C=O) groups excluding carboxylic acids is 1. The second-order valence-electron chi connectivity index (χ2n) is 5.58. The van der Waals surface area contributed by atoms with Crippen molar-refractivity contribution >= 4 is 5.91 Å². The van der Waals surface area contributed by atoms with Crippen LogP contribution in [0.5, 0.6) is 0 Å². The Hall–Kier alpha value is -0.570. The summed E-state index contributed by atoms with van der Waals surface area (Å²) in [5.74, 6) is 1.11. The Balaban J connectivity index is 1.93. The summed E-state index contributed by atoms with van der Waals surface area (Å²) in [6.45, 7) is 2.09. The smallest absolute Gasteiger partial charge is 0.224 e. The molecular weight excluding hydrogens is 200 g/mol. The van der Waals surface area contributed by atoms with Gasteiger partial charge in [0.25, 0.3) is 0 Å². The molecule has 2 heterocycles. The van der Waals surface area contributed by atoms with Gasteiger partial charge in [0.05, 0.1) is 5.66 Å². The third-order valence-electron chi connectivity index (χ3n) is 4.76. The van der Waals surface area contributed by atoms with Gasteiger partial charge in [-0.3, -0.25) is 10.1 Å². The minimum Gasteiger partial charge on any atom is -0.324 e. The molecule has 3 heteroatoms. The fraction of sp³-hybridized carbons (Fsp3) is 0.923. The monoisotopic (exact) mass is 222 g/mol. The van der Waals surface area contributed by atoms with Crippen LogP contribution in [0.4, 0.5) is 0 Å². The highest BCUT2D eigenvalue weighted by Gasteiger charge is 2.49. The molecule has 0 aromatic rings. The molecule has 3 rings (SSSR count). The van der Waals surface area contributed by atoms with Crippen molar-refractivity contribution in [2.75, 3.05) is 13.1 Å². The van der Waals surface area contributed by atoms with E-state index >= 15 is 0 Å². The quantitative estimate of drug-likeness (QED) is 0.678. The highest BCUT2D eigenvalue weighted by molar-refractivity contribution is 5.78. The Morgan fingerprint density at radius 3 is 3.06 bits per heavy atom. The normalized spacial score (nSPS) is 39.9. The van der Waals surface area contributed by atoms with E-state index in [0.717, 1.165) is 32.4 Å². The van der Waals surface area contributed by atoms with Crippen LogP contribution in [0.1, 0.15) is 51.4 Å². The van der Waals surface area contributed by atoms with Crippen LogP contribution in [0.3, 0.4) is 0 Å². The molecule has 1 saturated carbocycles. The van der Waals surface area contributed by atoms with Crippen molar-refractivity contribution in [1.82, 2.24) is 10.2 Å². The Labute approximate surface area is 97.6 Å². The Morgan fingerprint density at radius 2 is 2.12 bits per heavy atom. The molecule has 90 valence electrons. The minimum atomic E-state index is 0.0596. The van der Waals surface area contributed by atoms with Gasteiger partial charge in [-0.15, -0.1) is 0 Å². The minimum absolute atomic E-state index is 0.0596. The SMILES string of the molecule is O=C1CCC2CCCCCC23NCCCN13. The van der Waals surface area contributed by atoms with Gasteiger partial charge in [0, 0.05) is 13.0 Å². The highest BCUT2D eigenvalue weighted by atomic mass is 16.2. The predicted molar refractivity (Wildman–Crippen MR) is 62.9 cm³/mol. The number of amides is 1. The molecule has 2 aliphatic heterocycles. The number of hydrogen-bond donors (Lipinski definition) is 1.